The van der Waals surface area contributed by atoms with Crippen molar-refractivity contribution in [3.8, 4) is 6.07 Å². The number of carbonyl (C=O) groups is 2. The molecule has 2 fully saturated rings. The molecule has 120 valence electrons. The topological polar surface area (TPSA) is 85.2 Å². The summed E-state index contributed by atoms with van der Waals surface area (Å²) >= 11 is 0. The molecule has 0 saturated carbocycles. The van der Waals surface area contributed by atoms with Gasteiger partial charge in [-0.2, -0.15) is 5.26 Å². The van der Waals surface area contributed by atoms with Crippen molar-refractivity contribution in [3.63, 3.8) is 0 Å². The van der Waals surface area contributed by atoms with Crippen molar-refractivity contribution in [1.82, 2.24) is 15.5 Å². The number of hydrogen-bond donors (Lipinski definition) is 2. The first-order valence-corrected chi connectivity index (χ1v) is 8.02. The zero-order valence-corrected chi connectivity index (χ0v) is 13.1. The Bertz CT molecular complexity index is 481. The molecular weight excluding hydrogens is 280 g/mol. The van der Waals surface area contributed by atoms with Gasteiger partial charge in [0.15, 0.2) is 0 Å². The maximum atomic E-state index is 12.3. The van der Waals surface area contributed by atoms with Crippen molar-refractivity contribution in [2.75, 3.05) is 26.2 Å². The molecular formula is C16H24N4O2. The van der Waals surface area contributed by atoms with E-state index >= 15 is 0 Å². The fourth-order valence-corrected chi connectivity index (χ4v) is 2.87. The molecule has 0 bridgehead atoms. The zero-order chi connectivity index (χ0) is 15.9. The van der Waals surface area contributed by atoms with E-state index in [2.05, 4.69) is 17.6 Å². The van der Waals surface area contributed by atoms with Gasteiger partial charge in [-0.1, -0.05) is 6.92 Å². The number of rotatable bonds is 3. The SMILES string of the molecule is CC1CCN(C(=O)/C(C#N)=C\NC(=O)C2CCNCC2)CC1. The highest BCUT2D eigenvalue weighted by Crippen LogP contribution is 2.17. The van der Waals surface area contributed by atoms with Crippen molar-refractivity contribution < 1.29 is 9.59 Å². The van der Waals surface area contributed by atoms with E-state index in [1.165, 1.54) is 6.20 Å². The molecule has 0 aliphatic carbocycles. The molecule has 0 atom stereocenters. The maximum absolute atomic E-state index is 12.3. The van der Waals surface area contributed by atoms with Gasteiger partial charge in [-0.25, -0.2) is 0 Å². The molecule has 0 aromatic heterocycles. The summed E-state index contributed by atoms with van der Waals surface area (Å²) in [6, 6.07) is 1.91. The van der Waals surface area contributed by atoms with Gasteiger partial charge in [0.05, 0.1) is 0 Å². The molecule has 0 aromatic carbocycles. The molecule has 0 aromatic rings. The van der Waals surface area contributed by atoms with Crippen molar-refractivity contribution in [2.45, 2.75) is 32.6 Å². The normalized spacial score (nSPS) is 21.3. The predicted molar refractivity (Wildman–Crippen MR) is 82.4 cm³/mol. The summed E-state index contributed by atoms with van der Waals surface area (Å²) in [5.41, 5.74) is 0.0110. The van der Waals surface area contributed by atoms with Gasteiger partial charge in [0, 0.05) is 25.2 Å². The van der Waals surface area contributed by atoms with Crippen LogP contribution >= 0.6 is 0 Å². The Balaban J connectivity index is 1.91. The Labute approximate surface area is 131 Å². The molecule has 2 saturated heterocycles. The number of carbonyl (C=O) groups excluding carboxylic acids is 2. The zero-order valence-electron chi connectivity index (χ0n) is 13.1. The molecule has 6 heteroatoms. The first-order chi connectivity index (χ1) is 10.6. The smallest absolute Gasteiger partial charge is 0.266 e. The quantitative estimate of drug-likeness (QED) is 0.596. The lowest BCUT2D eigenvalue weighted by Gasteiger charge is -2.30. The van der Waals surface area contributed by atoms with Crippen LogP contribution in [0.2, 0.25) is 0 Å². The van der Waals surface area contributed by atoms with Crippen molar-refractivity contribution in [2.24, 2.45) is 11.8 Å². The van der Waals surface area contributed by atoms with E-state index in [4.69, 9.17) is 0 Å². The van der Waals surface area contributed by atoms with Crippen LogP contribution in [-0.2, 0) is 9.59 Å². The van der Waals surface area contributed by atoms with Gasteiger partial charge in [-0.05, 0) is 44.7 Å². The van der Waals surface area contributed by atoms with Gasteiger partial charge < -0.3 is 15.5 Å². The van der Waals surface area contributed by atoms with Crippen molar-refractivity contribution in [1.29, 1.82) is 5.26 Å². The van der Waals surface area contributed by atoms with Gasteiger partial charge in [-0.15, -0.1) is 0 Å². The van der Waals surface area contributed by atoms with Crippen LogP contribution in [0.15, 0.2) is 11.8 Å². The summed E-state index contributed by atoms with van der Waals surface area (Å²) in [5, 5.41) is 15.0. The minimum Gasteiger partial charge on any atom is -0.338 e. The second-order valence-electron chi connectivity index (χ2n) is 6.18. The Morgan fingerprint density at radius 3 is 2.45 bits per heavy atom. The van der Waals surface area contributed by atoms with Gasteiger partial charge >= 0.3 is 0 Å². The van der Waals surface area contributed by atoms with Gasteiger partial charge in [0.1, 0.15) is 11.6 Å². The highest BCUT2D eigenvalue weighted by Gasteiger charge is 2.24. The number of amides is 2. The minimum absolute atomic E-state index is 0.0110. The molecule has 0 spiro atoms. The Morgan fingerprint density at radius 1 is 1.23 bits per heavy atom. The third kappa shape index (κ3) is 4.31. The third-order valence-electron chi connectivity index (χ3n) is 4.49. The van der Waals surface area contributed by atoms with Crippen LogP contribution in [0, 0.1) is 23.2 Å². The number of piperidine rings is 2. The van der Waals surface area contributed by atoms with E-state index in [1.807, 2.05) is 6.07 Å². The standard InChI is InChI=1S/C16H24N4O2/c1-12-4-8-20(9-5-12)16(22)14(10-17)11-19-15(21)13-2-6-18-7-3-13/h11-13,18H,2-9H2,1H3,(H,19,21)/b14-11-. The number of nitrogens with one attached hydrogen (secondary N) is 2. The summed E-state index contributed by atoms with van der Waals surface area (Å²) in [6.45, 7) is 5.19. The van der Waals surface area contributed by atoms with E-state index in [9.17, 15) is 14.9 Å². The largest absolute Gasteiger partial charge is 0.338 e. The summed E-state index contributed by atoms with van der Waals surface area (Å²) in [4.78, 5) is 26.0. The van der Waals surface area contributed by atoms with Crippen LogP contribution in [0.25, 0.3) is 0 Å². The molecule has 2 N–H and O–H groups in total. The molecule has 2 aliphatic rings. The second-order valence-corrected chi connectivity index (χ2v) is 6.18. The van der Waals surface area contributed by atoms with Crippen molar-refractivity contribution in [3.05, 3.63) is 11.8 Å². The van der Waals surface area contributed by atoms with Crippen molar-refractivity contribution >= 4 is 11.8 Å². The fourth-order valence-electron chi connectivity index (χ4n) is 2.87. The van der Waals surface area contributed by atoms with E-state index < -0.39 is 0 Å². The summed E-state index contributed by atoms with van der Waals surface area (Å²) in [5.74, 6) is 0.205. The molecule has 22 heavy (non-hydrogen) atoms. The lowest BCUT2D eigenvalue weighted by molar-refractivity contribution is -0.128. The first kappa shape index (κ1) is 16.5. The highest BCUT2D eigenvalue weighted by atomic mass is 16.2. The fraction of sp³-hybridized carbons (Fsp3) is 0.688. The Hall–Kier alpha value is -1.87. The van der Waals surface area contributed by atoms with Crippen LogP contribution < -0.4 is 10.6 Å². The van der Waals surface area contributed by atoms with Crippen LogP contribution in [0.1, 0.15) is 32.6 Å². The molecule has 0 radical (unpaired) electrons. The lowest BCUT2D eigenvalue weighted by atomic mass is 9.97. The molecule has 2 heterocycles. The molecule has 2 aliphatic heterocycles. The molecule has 2 rings (SSSR count). The average Bonchev–Trinajstić information content (AvgIpc) is 2.56. The van der Waals surface area contributed by atoms with Gasteiger partial charge in [0.2, 0.25) is 5.91 Å². The van der Waals surface area contributed by atoms with Gasteiger partial charge in [-0.3, -0.25) is 9.59 Å². The summed E-state index contributed by atoms with van der Waals surface area (Å²) < 4.78 is 0. The highest BCUT2D eigenvalue weighted by molar-refractivity contribution is 5.97. The van der Waals surface area contributed by atoms with E-state index in [0.29, 0.717) is 19.0 Å². The molecule has 0 unspecified atom stereocenters. The van der Waals surface area contributed by atoms with E-state index in [-0.39, 0.29) is 23.3 Å². The Morgan fingerprint density at radius 2 is 1.86 bits per heavy atom. The third-order valence-corrected chi connectivity index (χ3v) is 4.49. The number of likely N-dealkylation sites (tertiary alicyclic amines) is 1. The van der Waals surface area contributed by atoms with E-state index in [0.717, 1.165) is 38.8 Å². The van der Waals surface area contributed by atoms with Gasteiger partial charge in [0.25, 0.3) is 5.91 Å². The summed E-state index contributed by atoms with van der Waals surface area (Å²) in [7, 11) is 0. The lowest BCUT2D eigenvalue weighted by Crippen LogP contribution is -2.39. The van der Waals surface area contributed by atoms with Crippen LogP contribution in [0.3, 0.4) is 0 Å². The summed E-state index contributed by atoms with van der Waals surface area (Å²) in [6.07, 6.45) is 4.79. The van der Waals surface area contributed by atoms with Crippen LogP contribution in [0.5, 0.6) is 0 Å². The van der Waals surface area contributed by atoms with Crippen LogP contribution in [0.4, 0.5) is 0 Å². The second kappa shape index (κ2) is 7.95. The monoisotopic (exact) mass is 304 g/mol. The number of nitrogens with zero attached hydrogens (tertiary/aromatic N) is 2. The Kier molecular flexibility index (Phi) is 5.96. The van der Waals surface area contributed by atoms with Crippen LogP contribution in [-0.4, -0.2) is 42.9 Å². The first-order valence-electron chi connectivity index (χ1n) is 8.02. The molecule has 2 amide bonds. The maximum Gasteiger partial charge on any atom is 0.266 e. The minimum atomic E-state index is -0.278. The predicted octanol–water partition coefficient (Wildman–Crippen LogP) is 0.768. The molecule has 6 nitrogen and oxygen atoms in total. The average molecular weight is 304 g/mol. The van der Waals surface area contributed by atoms with E-state index in [1.54, 1.807) is 4.90 Å². The number of hydrogen-bond acceptors (Lipinski definition) is 4. The number of nitriles is 1.